The predicted octanol–water partition coefficient (Wildman–Crippen LogP) is 1.66. The molecule has 0 bridgehead atoms. The number of hydrogen-bond donors (Lipinski definition) is 1. The van der Waals surface area contributed by atoms with Gasteiger partial charge in [0.25, 0.3) is 5.56 Å². The molecule has 0 aliphatic carbocycles. The van der Waals surface area contributed by atoms with E-state index in [-0.39, 0.29) is 29.5 Å². The second kappa shape index (κ2) is 7.64. The number of benzene rings is 1. The van der Waals surface area contributed by atoms with Crippen molar-refractivity contribution in [3.05, 3.63) is 74.9 Å². The van der Waals surface area contributed by atoms with E-state index in [0.717, 1.165) is 5.56 Å². The molecule has 1 N–H and O–H groups in total. The van der Waals surface area contributed by atoms with Crippen LogP contribution in [0.3, 0.4) is 0 Å². The van der Waals surface area contributed by atoms with Crippen molar-refractivity contribution in [2.75, 3.05) is 0 Å². The fourth-order valence-electron chi connectivity index (χ4n) is 2.89. The minimum absolute atomic E-state index is 0.0111. The van der Waals surface area contributed by atoms with Crippen molar-refractivity contribution in [3.63, 3.8) is 0 Å². The highest BCUT2D eigenvalue weighted by molar-refractivity contribution is 6.30. The minimum Gasteiger partial charge on any atom is -0.386 e. The molecule has 9 nitrogen and oxygen atoms in total. The SMILES string of the molecule is Cc1ccnc2ncn(Cc3nnn(CC(O)c4ccc(F)c(Cl)c4)n3)c(=O)c12. The molecule has 3 aromatic heterocycles. The Bertz CT molecular complexity index is 1260. The summed E-state index contributed by atoms with van der Waals surface area (Å²) in [5, 5.41) is 22.6. The second-order valence-corrected chi connectivity index (χ2v) is 6.86. The lowest BCUT2D eigenvalue weighted by atomic mass is 10.1. The summed E-state index contributed by atoms with van der Waals surface area (Å²) >= 11 is 5.74. The fraction of sp³-hybridized carbons (Fsp3) is 0.222. The summed E-state index contributed by atoms with van der Waals surface area (Å²) in [5.74, 6) is -0.289. The third-order valence-corrected chi connectivity index (χ3v) is 4.69. The summed E-state index contributed by atoms with van der Waals surface area (Å²) in [7, 11) is 0. The van der Waals surface area contributed by atoms with E-state index in [0.29, 0.717) is 16.6 Å². The highest BCUT2D eigenvalue weighted by atomic mass is 35.5. The lowest BCUT2D eigenvalue weighted by Gasteiger charge is -2.10. The monoisotopic (exact) mass is 415 g/mol. The molecule has 0 amide bonds. The summed E-state index contributed by atoms with van der Waals surface area (Å²) in [6.45, 7) is 1.87. The first-order valence-corrected chi connectivity index (χ1v) is 9.00. The highest BCUT2D eigenvalue weighted by Crippen LogP contribution is 2.21. The van der Waals surface area contributed by atoms with Crippen LogP contribution in [0.15, 0.2) is 41.6 Å². The molecule has 0 spiro atoms. The number of aliphatic hydroxyl groups is 1. The zero-order valence-corrected chi connectivity index (χ0v) is 16.0. The second-order valence-electron chi connectivity index (χ2n) is 6.45. The summed E-state index contributed by atoms with van der Waals surface area (Å²) in [6.07, 6.45) is 1.97. The van der Waals surface area contributed by atoms with E-state index >= 15 is 0 Å². The van der Waals surface area contributed by atoms with Crippen molar-refractivity contribution in [2.24, 2.45) is 0 Å². The number of tetrazole rings is 1. The molecule has 1 aromatic carbocycles. The number of pyridine rings is 1. The van der Waals surface area contributed by atoms with Crippen LogP contribution in [0.5, 0.6) is 0 Å². The highest BCUT2D eigenvalue weighted by Gasteiger charge is 2.14. The van der Waals surface area contributed by atoms with E-state index in [4.69, 9.17) is 11.6 Å². The zero-order valence-electron chi connectivity index (χ0n) is 15.2. The Hall–Kier alpha value is -3.24. The van der Waals surface area contributed by atoms with Crippen LogP contribution in [-0.4, -0.2) is 39.8 Å². The van der Waals surface area contributed by atoms with E-state index < -0.39 is 11.9 Å². The Morgan fingerprint density at radius 3 is 2.90 bits per heavy atom. The van der Waals surface area contributed by atoms with Gasteiger partial charge in [-0.25, -0.2) is 14.4 Å². The molecule has 0 saturated heterocycles. The first-order chi connectivity index (χ1) is 13.9. The summed E-state index contributed by atoms with van der Waals surface area (Å²) in [5.41, 5.74) is 1.33. The summed E-state index contributed by atoms with van der Waals surface area (Å²) in [4.78, 5) is 22.2. The van der Waals surface area contributed by atoms with Gasteiger partial charge in [0.1, 0.15) is 18.2 Å². The maximum absolute atomic E-state index is 13.3. The van der Waals surface area contributed by atoms with Gasteiger partial charge in [-0.1, -0.05) is 17.7 Å². The average molecular weight is 416 g/mol. The molecule has 4 aromatic rings. The molecule has 3 heterocycles. The average Bonchev–Trinajstić information content (AvgIpc) is 3.13. The maximum atomic E-state index is 13.3. The van der Waals surface area contributed by atoms with E-state index in [1.807, 2.05) is 6.92 Å². The third-order valence-electron chi connectivity index (χ3n) is 4.40. The van der Waals surface area contributed by atoms with Crippen LogP contribution < -0.4 is 5.56 Å². The van der Waals surface area contributed by atoms with Gasteiger partial charge >= 0.3 is 0 Å². The van der Waals surface area contributed by atoms with Crippen molar-refractivity contribution in [2.45, 2.75) is 26.1 Å². The number of aliphatic hydroxyl groups excluding tert-OH is 1. The van der Waals surface area contributed by atoms with Crippen LogP contribution in [0.1, 0.15) is 23.1 Å². The van der Waals surface area contributed by atoms with Gasteiger partial charge < -0.3 is 5.11 Å². The molecule has 1 atom stereocenters. The molecular formula is C18H15ClFN7O2. The van der Waals surface area contributed by atoms with Crippen LogP contribution in [0.25, 0.3) is 11.0 Å². The minimum atomic E-state index is -1.01. The number of rotatable bonds is 5. The number of fused-ring (bicyclic) bond motifs is 1. The van der Waals surface area contributed by atoms with Gasteiger partial charge in [-0.2, -0.15) is 4.80 Å². The van der Waals surface area contributed by atoms with Gasteiger partial charge in [0.2, 0.25) is 0 Å². The van der Waals surface area contributed by atoms with Crippen LogP contribution in [0.2, 0.25) is 5.02 Å². The van der Waals surface area contributed by atoms with Crippen LogP contribution in [0.4, 0.5) is 4.39 Å². The Kier molecular flexibility index (Phi) is 5.03. The standard InChI is InChI=1S/C18H15ClFN7O2/c1-10-4-5-21-17-16(10)18(29)26(9-22-17)8-15-23-25-27(24-15)7-14(28)11-2-3-13(20)12(19)6-11/h2-6,9,14,28H,7-8H2,1H3. The molecule has 0 aliphatic rings. The third kappa shape index (κ3) is 3.84. The molecule has 0 aliphatic heterocycles. The van der Waals surface area contributed by atoms with Gasteiger partial charge in [0.15, 0.2) is 11.5 Å². The van der Waals surface area contributed by atoms with Crippen molar-refractivity contribution in [1.82, 2.24) is 34.7 Å². The molecule has 148 valence electrons. The van der Waals surface area contributed by atoms with E-state index in [1.165, 1.54) is 33.9 Å². The Morgan fingerprint density at radius 2 is 2.10 bits per heavy atom. The van der Waals surface area contributed by atoms with Crippen LogP contribution in [-0.2, 0) is 13.1 Å². The zero-order chi connectivity index (χ0) is 20.5. The molecule has 0 fully saturated rings. The first kappa shape index (κ1) is 19.1. The van der Waals surface area contributed by atoms with Gasteiger partial charge in [-0.3, -0.25) is 9.36 Å². The molecule has 29 heavy (non-hydrogen) atoms. The fourth-order valence-corrected chi connectivity index (χ4v) is 3.08. The molecule has 11 heteroatoms. The van der Waals surface area contributed by atoms with Gasteiger partial charge in [-0.05, 0) is 41.5 Å². The molecular weight excluding hydrogens is 401 g/mol. The number of aromatic nitrogens is 7. The quantitative estimate of drug-likeness (QED) is 0.527. The Labute approximate surface area is 168 Å². The van der Waals surface area contributed by atoms with Crippen molar-refractivity contribution < 1.29 is 9.50 Å². The molecule has 4 rings (SSSR count). The number of halogens is 2. The van der Waals surface area contributed by atoms with Crippen molar-refractivity contribution in [3.8, 4) is 0 Å². The lowest BCUT2D eigenvalue weighted by molar-refractivity contribution is 0.144. The van der Waals surface area contributed by atoms with E-state index in [1.54, 1.807) is 12.3 Å². The van der Waals surface area contributed by atoms with E-state index in [9.17, 15) is 14.3 Å². The van der Waals surface area contributed by atoms with Crippen LogP contribution in [0, 0.1) is 12.7 Å². The number of aryl methyl sites for hydroxylation is 1. The van der Waals surface area contributed by atoms with Crippen molar-refractivity contribution >= 4 is 22.6 Å². The number of hydrogen-bond acceptors (Lipinski definition) is 7. The van der Waals surface area contributed by atoms with Gasteiger partial charge in [0, 0.05) is 6.20 Å². The summed E-state index contributed by atoms with van der Waals surface area (Å²) < 4.78 is 14.6. The van der Waals surface area contributed by atoms with E-state index in [2.05, 4.69) is 25.4 Å². The largest absolute Gasteiger partial charge is 0.386 e. The number of nitrogens with zero attached hydrogens (tertiary/aromatic N) is 7. The molecule has 0 saturated carbocycles. The summed E-state index contributed by atoms with van der Waals surface area (Å²) in [6, 6.07) is 5.70. The van der Waals surface area contributed by atoms with Crippen LogP contribution >= 0.6 is 11.6 Å². The topological polar surface area (TPSA) is 112 Å². The normalized spacial score (nSPS) is 12.4. The van der Waals surface area contributed by atoms with Gasteiger partial charge in [-0.15, -0.1) is 10.2 Å². The molecule has 0 radical (unpaired) electrons. The Balaban J connectivity index is 1.53. The maximum Gasteiger partial charge on any atom is 0.263 e. The first-order valence-electron chi connectivity index (χ1n) is 8.63. The Morgan fingerprint density at radius 1 is 1.28 bits per heavy atom. The molecule has 1 unspecified atom stereocenters. The van der Waals surface area contributed by atoms with Gasteiger partial charge in [0.05, 0.1) is 23.5 Å². The van der Waals surface area contributed by atoms with Crippen molar-refractivity contribution in [1.29, 1.82) is 0 Å². The lowest BCUT2D eigenvalue weighted by Crippen LogP contribution is -2.23. The smallest absolute Gasteiger partial charge is 0.263 e. The predicted molar refractivity (Wildman–Crippen MR) is 102 cm³/mol.